The van der Waals surface area contributed by atoms with Gasteiger partial charge in [0.25, 0.3) is 0 Å². The Hall–Kier alpha value is -5.33. The molecule has 0 radical (unpaired) electrons. The van der Waals surface area contributed by atoms with Gasteiger partial charge in [0.05, 0.1) is 16.9 Å². The summed E-state index contributed by atoms with van der Waals surface area (Å²) in [6.45, 7) is 4.94. The van der Waals surface area contributed by atoms with E-state index in [1.165, 1.54) is 5.56 Å². The van der Waals surface area contributed by atoms with Crippen molar-refractivity contribution in [2.24, 2.45) is 5.73 Å². The lowest BCUT2D eigenvalue weighted by molar-refractivity contribution is 0.100. The van der Waals surface area contributed by atoms with Crippen LogP contribution in [0.2, 0.25) is 0 Å². The summed E-state index contributed by atoms with van der Waals surface area (Å²) in [6.07, 6.45) is 0. The van der Waals surface area contributed by atoms with E-state index < -0.39 is 5.91 Å². The van der Waals surface area contributed by atoms with Crippen LogP contribution in [0.4, 0.5) is 17.3 Å². The Morgan fingerprint density at radius 2 is 1.49 bits per heavy atom. The maximum atomic E-state index is 11.9. The zero-order chi connectivity index (χ0) is 29.8. The van der Waals surface area contributed by atoms with E-state index in [0.717, 1.165) is 44.7 Å². The van der Waals surface area contributed by atoms with Crippen molar-refractivity contribution in [2.75, 3.05) is 4.90 Å². The van der Waals surface area contributed by atoms with Gasteiger partial charge in [0.15, 0.2) is 0 Å². The highest BCUT2D eigenvalue weighted by atomic mass is 16.1. The molecular weight excluding hydrogens is 530 g/mol. The molecule has 0 saturated carbocycles. The number of hydrogen-bond acceptors (Lipinski definition) is 5. The van der Waals surface area contributed by atoms with Gasteiger partial charge >= 0.3 is 0 Å². The summed E-state index contributed by atoms with van der Waals surface area (Å²) in [4.78, 5) is 24.2. The number of aromatic nitrogens is 2. The maximum absolute atomic E-state index is 11.9. The molecule has 6 nitrogen and oxygen atoms in total. The summed E-state index contributed by atoms with van der Waals surface area (Å²) in [6, 6.07) is 42.6. The monoisotopic (exact) mass is 563 g/mol. The van der Waals surface area contributed by atoms with Gasteiger partial charge in [-0.3, -0.25) is 9.69 Å². The molecule has 1 atom stereocenters. The van der Waals surface area contributed by atoms with Crippen LogP contribution in [-0.2, 0) is 6.54 Å². The van der Waals surface area contributed by atoms with Crippen LogP contribution in [0.5, 0.6) is 0 Å². The molecule has 43 heavy (non-hydrogen) atoms. The number of hydrogen-bond donors (Lipinski definition) is 2. The van der Waals surface area contributed by atoms with Crippen molar-refractivity contribution < 1.29 is 4.79 Å². The van der Waals surface area contributed by atoms with E-state index in [9.17, 15) is 4.79 Å². The second-order valence-corrected chi connectivity index (χ2v) is 10.6. The number of para-hydroxylation sites is 1. The van der Waals surface area contributed by atoms with Crippen LogP contribution in [0.3, 0.4) is 0 Å². The lowest BCUT2D eigenvalue weighted by atomic mass is 10.1. The Kier molecular flexibility index (Phi) is 7.94. The molecule has 5 aromatic carbocycles. The van der Waals surface area contributed by atoms with E-state index in [2.05, 4.69) is 84.7 Å². The normalized spacial score (nSPS) is 11.8. The van der Waals surface area contributed by atoms with Crippen LogP contribution in [-0.4, -0.2) is 15.9 Å². The number of nitrogens with two attached hydrogens (primary N) is 1. The SMILES string of the molecule is Cc1ccc(CNC(C)c2ccccc2)cc1N(c1ccc(C(N)=O)cc1)c1nc(-c2ccccc2)c2ccccc2n1. The minimum atomic E-state index is -0.469. The first-order valence-electron chi connectivity index (χ1n) is 14.4. The number of rotatable bonds is 9. The quantitative estimate of drug-likeness (QED) is 0.186. The Bertz CT molecular complexity index is 1870. The molecule has 0 fully saturated rings. The molecule has 1 unspecified atom stereocenters. The molecule has 1 amide bonds. The number of nitrogens with zero attached hydrogens (tertiary/aromatic N) is 3. The largest absolute Gasteiger partial charge is 0.366 e. The minimum Gasteiger partial charge on any atom is -0.366 e. The predicted molar refractivity (Wildman–Crippen MR) is 175 cm³/mol. The van der Waals surface area contributed by atoms with E-state index in [1.807, 2.05) is 54.6 Å². The van der Waals surface area contributed by atoms with Crippen LogP contribution in [0.1, 0.15) is 40.0 Å². The maximum Gasteiger partial charge on any atom is 0.248 e. The highest BCUT2D eigenvalue weighted by Crippen LogP contribution is 2.38. The standard InChI is InChI=1S/C37H33N5O/c1-25-17-18-27(24-39-26(2)28-11-5-3-6-12-28)23-34(25)42(31-21-19-30(20-22-31)36(38)43)37-40-33-16-10-9-15-32(33)35(41-37)29-13-7-4-8-14-29/h3-23,26,39H,24H2,1-2H3,(H2,38,43). The van der Waals surface area contributed by atoms with E-state index in [-0.39, 0.29) is 6.04 Å². The number of carbonyl (C=O) groups excluding carboxylic acids is 1. The fourth-order valence-corrected chi connectivity index (χ4v) is 5.25. The molecule has 0 spiro atoms. The number of nitrogens with one attached hydrogen (secondary N) is 1. The van der Waals surface area contributed by atoms with Crippen molar-refractivity contribution in [3.63, 3.8) is 0 Å². The first-order chi connectivity index (χ1) is 21.0. The molecule has 0 saturated heterocycles. The Balaban J connectivity index is 1.47. The summed E-state index contributed by atoms with van der Waals surface area (Å²) in [5.41, 5.74) is 13.9. The number of amides is 1. The van der Waals surface area contributed by atoms with E-state index in [4.69, 9.17) is 15.7 Å². The predicted octanol–water partition coefficient (Wildman–Crippen LogP) is 8.02. The van der Waals surface area contributed by atoms with Crippen molar-refractivity contribution in [1.29, 1.82) is 0 Å². The fraction of sp³-hybridized carbons (Fsp3) is 0.108. The van der Waals surface area contributed by atoms with Crippen molar-refractivity contribution in [3.05, 3.63) is 150 Å². The molecule has 1 aromatic heterocycles. The van der Waals surface area contributed by atoms with Gasteiger partial charge < -0.3 is 11.1 Å². The number of aryl methyl sites for hydroxylation is 1. The number of fused-ring (bicyclic) bond motifs is 1. The zero-order valence-corrected chi connectivity index (χ0v) is 24.2. The van der Waals surface area contributed by atoms with E-state index in [0.29, 0.717) is 18.1 Å². The highest BCUT2D eigenvalue weighted by molar-refractivity contribution is 5.95. The highest BCUT2D eigenvalue weighted by Gasteiger charge is 2.21. The average molecular weight is 564 g/mol. The fourth-order valence-electron chi connectivity index (χ4n) is 5.25. The molecule has 0 aliphatic carbocycles. The zero-order valence-electron chi connectivity index (χ0n) is 24.2. The third kappa shape index (κ3) is 6.01. The topological polar surface area (TPSA) is 84.1 Å². The smallest absolute Gasteiger partial charge is 0.248 e. The lowest BCUT2D eigenvalue weighted by Gasteiger charge is -2.26. The van der Waals surface area contributed by atoms with E-state index in [1.54, 1.807) is 12.1 Å². The van der Waals surface area contributed by atoms with Gasteiger partial charge in [-0.15, -0.1) is 0 Å². The van der Waals surface area contributed by atoms with Gasteiger partial charge in [-0.05, 0) is 66.9 Å². The van der Waals surface area contributed by atoms with Gasteiger partial charge in [-0.2, -0.15) is 0 Å². The average Bonchev–Trinajstić information content (AvgIpc) is 3.05. The third-order valence-electron chi connectivity index (χ3n) is 7.68. The molecule has 3 N–H and O–H groups in total. The summed E-state index contributed by atoms with van der Waals surface area (Å²) in [5, 5.41) is 4.63. The molecule has 1 heterocycles. The van der Waals surface area contributed by atoms with Gasteiger partial charge in [0.2, 0.25) is 11.9 Å². The molecule has 0 aliphatic rings. The van der Waals surface area contributed by atoms with Crippen LogP contribution in [0.15, 0.2) is 127 Å². The Morgan fingerprint density at radius 1 is 0.814 bits per heavy atom. The van der Waals surface area contributed by atoms with Crippen LogP contribution >= 0.6 is 0 Å². The number of carbonyl (C=O) groups is 1. The lowest BCUT2D eigenvalue weighted by Crippen LogP contribution is -2.19. The molecule has 6 heteroatoms. The van der Waals surface area contributed by atoms with Gasteiger partial charge in [-0.1, -0.05) is 91.0 Å². The van der Waals surface area contributed by atoms with E-state index >= 15 is 0 Å². The van der Waals surface area contributed by atoms with Crippen LogP contribution < -0.4 is 16.0 Å². The summed E-state index contributed by atoms with van der Waals surface area (Å²) >= 11 is 0. The van der Waals surface area contributed by atoms with Gasteiger partial charge in [-0.25, -0.2) is 9.97 Å². The molecule has 6 rings (SSSR count). The van der Waals surface area contributed by atoms with Crippen LogP contribution in [0.25, 0.3) is 22.2 Å². The number of anilines is 3. The van der Waals surface area contributed by atoms with Crippen molar-refractivity contribution in [1.82, 2.24) is 15.3 Å². The van der Waals surface area contributed by atoms with Crippen molar-refractivity contribution in [2.45, 2.75) is 26.4 Å². The van der Waals surface area contributed by atoms with Crippen LogP contribution in [0, 0.1) is 6.92 Å². The number of primary amides is 1. The number of benzene rings is 5. The summed E-state index contributed by atoms with van der Waals surface area (Å²) in [5.74, 6) is 0.0680. The Labute approximate surface area is 251 Å². The second kappa shape index (κ2) is 12.3. The minimum absolute atomic E-state index is 0.195. The molecule has 6 aromatic rings. The second-order valence-electron chi connectivity index (χ2n) is 10.6. The Morgan fingerprint density at radius 3 is 2.21 bits per heavy atom. The van der Waals surface area contributed by atoms with Gasteiger partial charge in [0.1, 0.15) is 0 Å². The summed E-state index contributed by atoms with van der Waals surface area (Å²) in [7, 11) is 0. The van der Waals surface area contributed by atoms with Crippen molar-refractivity contribution in [3.8, 4) is 11.3 Å². The molecule has 0 aliphatic heterocycles. The van der Waals surface area contributed by atoms with Gasteiger partial charge in [0, 0.05) is 34.8 Å². The molecule has 212 valence electrons. The molecule has 0 bridgehead atoms. The first-order valence-corrected chi connectivity index (χ1v) is 14.4. The third-order valence-corrected chi connectivity index (χ3v) is 7.68. The molecular formula is C37H33N5O. The summed E-state index contributed by atoms with van der Waals surface area (Å²) < 4.78 is 0. The first kappa shape index (κ1) is 27.8. The van der Waals surface area contributed by atoms with Crippen molar-refractivity contribution >= 4 is 34.1 Å².